The quantitative estimate of drug-likeness (QED) is 0.877. The van der Waals surface area contributed by atoms with Gasteiger partial charge in [0.25, 0.3) is 11.8 Å². The number of carbonyl (C=O) groups excluding carboxylic acids is 2. The number of nitrogens with zero attached hydrogens (tertiary/aromatic N) is 1. The van der Waals surface area contributed by atoms with Crippen LogP contribution in [0.3, 0.4) is 0 Å². The molecule has 0 unspecified atom stereocenters. The van der Waals surface area contributed by atoms with Crippen LogP contribution in [0.2, 0.25) is 10.0 Å². The minimum absolute atomic E-state index is 0.103. The summed E-state index contributed by atoms with van der Waals surface area (Å²) in [5.41, 5.74) is 1.11. The summed E-state index contributed by atoms with van der Waals surface area (Å²) in [4.78, 5) is 25.2. The van der Waals surface area contributed by atoms with Crippen LogP contribution in [0.25, 0.3) is 0 Å². The molecule has 2 aromatic carbocycles. The molecule has 0 fully saturated rings. The summed E-state index contributed by atoms with van der Waals surface area (Å²) >= 11 is 11.8. The van der Waals surface area contributed by atoms with Gasteiger partial charge in [-0.05, 0) is 42.5 Å². The molecule has 1 N–H and O–H groups in total. The fourth-order valence-electron chi connectivity index (χ4n) is 1.89. The lowest BCUT2D eigenvalue weighted by Gasteiger charge is -2.11. The molecular formula is C17H16Cl2N2O3. The van der Waals surface area contributed by atoms with E-state index < -0.39 is 0 Å². The molecule has 5 nitrogen and oxygen atoms in total. The van der Waals surface area contributed by atoms with E-state index in [0.29, 0.717) is 27.0 Å². The number of nitrogens with one attached hydrogen (secondary N) is 1. The summed E-state index contributed by atoms with van der Waals surface area (Å²) in [6.45, 7) is -0.195. The van der Waals surface area contributed by atoms with Gasteiger partial charge in [-0.15, -0.1) is 0 Å². The summed E-state index contributed by atoms with van der Waals surface area (Å²) in [6.07, 6.45) is 0. The average Bonchev–Trinajstić information content (AvgIpc) is 2.54. The van der Waals surface area contributed by atoms with Gasteiger partial charge in [0.1, 0.15) is 5.75 Å². The molecule has 24 heavy (non-hydrogen) atoms. The highest BCUT2D eigenvalue weighted by atomic mass is 35.5. The Balaban J connectivity index is 1.91. The van der Waals surface area contributed by atoms with E-state index in [0.717, 1.165) is 0 Å². The first-order valence-corrected chi connectivity index (χ1v) is 7.82. The smallest absolute Gasteiger partial charge is 0.262 e. The van der Waals surface area contributed by atoms with Crippen LogP contribution >= 0.6 is 23.2 Å². The molecule has 0 aliphatic rings. The van der Waals surface area contributed by atoms with E-state index in [1.165, 1.54) is 11.0 Å². The predicted molar refractivity (Wildman–Crippen MR) is 95.0 cm³/mol. The molecule has 0 radical (unpaired) electrons. The van der Waals surface area contributed by atoms with Crippen molar-refractivity contribution in [2.75, 3.05) is 26.0 Å². The molecule has 0 aliphatic carbocycles. The summed E-state index contributed by atoms with van der Waals surface area (Å²) in [5, 5.41) is 3.51. The molecule has 0 atom stereocenters. The molecule has 0 bridgehead atoms. The second-order valence-corrected chi connectivity index (χ2v) is 6.03. The largest absolute Gasteiger partial charge is 0.482 e. The van der Waals surface area contributed by atoms with E-state index in [-0.39, 0.29) is 18.4 Å². The predicted octanol–water partition coefficient (Wildman–Crippen LogP) is 3.71. The van der Waals surface area contributed by atoms with Gasteiger partial charge in [-0.2, -0.15) is 0 Å². The number of hydrogen-bond donors (Lipinski definition) is 1. The third-order valence-corrected chi connectivity index (χ3v) is 3.60. The molecular weight excluding hydrogens is 351 g/mol. The van der Waals surface area contributed by atoms with Gasteiger partial charge >= 0.3 is 0 Å². The van der Waals surface area contributed by atoms with Gasteiger partial charge in [0.2, 0.25) is 0 Å². The van der Waals surface area contributed by atoms with Crippen molar-refractivity contribution in [2.45, 2.75) is 0 Å². The zero-order valence-corrected chi connectivity index (χ0v) is 14.7. The third kappa shape index (κ3) is 4.88. The Kier molecular flexibility index (Phi) is 6.06. The first kappa shape index (κ1) is 18.1. The lowest BCUT2D eigenvalue weighted by molar-refractivity contribution is -0.118. The number of hydrogen-bond acceptors (Lipinski definition) is 3. The summed E-state index contributed by atoms with van der Waals surface area (Å²) in [5.74, 6) is -0.0653. The standard InChI is InChI=1S/C17H16Cl2N2O3/c1-21(2)17(23)11-3-6-13(7-4-11)20-16(22)10-24-15-8-5-12(18)9-14(15)19/h3-9H,10H2,1-2H3,(H,20,22). The molecule has 7 heteroatoms. The lowest BCUT2D eigenvalue weighted by Crippen LogP contribution is -2.22. The van der Waals surface area contributed by atoms with Crippen molar-refractivity contribution in [2.24, 2.45) is 0 Å². The Morgan fingerprint density at radius 1 is 1.08 bits per heavy atom. The van der Waals surface area contributed by atoms with Crippen LogP contribution in [0, 0.1) is 0 Å². The molecule has 0 spiro atoms. The Morgan fingerprint density at radius 2 is 1.75 bits per heavy atom. The van der Waals surface area contributed by atoms with E-state index in [9.17, 15) is 9.59 Å². The number of benzene rings is 2. The van der Waals surface area contributed by atoms with Crippen LogP contribution in [0.5, 0.6) is 5.75 Å². The Bertz CT molecular complexity index is 746. The fourth-order valence-corrected chi connectivity index (χ4v) is 2.35. The van der Waals surface area contributed by atoms with Crippen LogP contribution in [0.1, 0.15) is 10.4 Å². The zero-order chi connectivity index (χ0) is 17.7. The first-order valence-electron chi connectivity index (χ1n) is 7.06. The van der Waals surface area contributed by atoms with E-state index in [4.69, 9.17) is 27.9 Å². The van der Waals surface area contributed by atoms with Crippen LogP contribution in [-0.2, 0) is 4.79 Å². The molecule has 2 aromatic rings. The minimum atomic E-state index is -0.340. The van der Waals surface area contributed by atoms with Crippen molar-refractivity contribution in [1.29, 1.82) is 0 Å². The van der Waals surface area contributed by atoms with Crippen molar-refractivity contribution in [1.82, 2.24) is 4.90 Å². The molecule has 126 valence electrons. The number of rotatable bonds is 5. The Labute approximate surface area is 150 Å². The second-order valence-electron chi connectivity index (χ2n) is 5.19. The van der Waals surface area contributed by atoms with Gasteiger partial charge in [0, 0.05) is 30.4 Å². The molecule has 0 saturated carbocycles. The Morgan fingerprint density at radius 3 is 2.33 bits per heavy atom. The fraction of sp³-hybridized carbons (Fsp3) is 0.176. The van der Waals surface area contributed by atoms with Crippen molar-refractivity contribution in [3.05, 3.63) is 58.1 Å². The van der Waals surface area contributed by atoms with Crippen LogP contribution in [0.15, 0.2) is 42.5 Å². The number of ether oxygens (including phenoxy) is 1. The molecule has 0 aromatic heterocycles. The maximum absolute atomic E-state index is 11.9. The third-order valence-electron chi connectivity index (χ3n) is 3.07. The van der Waals surface area contributed by atoms with E-state index in [1.54, 1.807) is 50.5 Å². The Hall–Kier alpha value is -2.24. The average molecular weight is 367 g/mol. The van der Waals surface area contributed by atoms with Gasteiger partial charge in [-0.3, -0.25) is 9.59 Å². The number of halogens is 2. The normalized spacial score (nSPS) is 10.2. The highest BCUT2D eigenvalue weighted by molar-refractivity contribution is 6.35. The van der Waals surface area contributed by atoms with Crippen molar-refractivity contribution >= 4 is 40.7 Å². The molecule has 0 saturated heterocycles. The molecule has 0 heterocycles. The van der Waals surface area contributed by atoms with E-state index in [1.807, 2.05) is 0 Å². The summed E-state index contributed by atoms with van der Waals surface area (Å²) in [6, 6.07) is 11.4. The maximum Gasteiger partial charge on any atom is 0.262 e. The highest BCUT2D eigenvalue weighted by Gasteiger charge is 2.09. The first-order chi connectivity index (χ1) is 11.4. The summed E-state index contributed by atoms with van der Waals surface area (Å²) < 4.78 is 5.36. The lowest BCUT2D eigenvalue weighted by atomic mass is 10.2. The van der Waals surface area contributed by atoms with Gasteiger partial charge in [-0.25, -0.2) is 0 Å². The second kappa shape index (κ2) is 8.04. The number of carbonyl (C=O) groups is 2. The van der Waals surface area contributed by atoms with Gasteiger partial charge in [0.05, 0.1) is 5.02 Å². The van der Waals surface area contributed by atoms with Gasteiger partial charge in [0.15, 0.2) is 6.61 Å². The number of anilines is 1. The molecule has 2 rings (SSSR count). The summed E-state index contributed by atoms with van der Waals surface area (Å²) in [7, 11) is 3.36. The monoisotopic (exact) mass is 366 g/mol. The van der Waals surface area contributed by atoms with Crippen LogP contribution in [0.4, 0.5) is 5.69 Å². The number of amides is 2. The topological polar surface area (TPSA) is 58.6 Å². The van der Waals surface area contributed by atoms with Crippen LogP contribution < -0.4 is 10.1 Å². The van der Waals surface area contributed by atoms with E-state index >= 15 is 0 Å². The SMILES string of the molecule is CN(C)C(=O)c1ccc(NC(=O)COc2ccc(Cl)cc2Cl)cc1. The van der Waals surface area contributed by atoms with Crippen molar-refractivity contribution < 1.29 is 14.3 Å². The van der Waals surface area contributed by atoms with E-state index in [2.05, 4.69) is 5.32 Å². The maximum atomic E-state index is 11.9. The van der Waals surface area contributed by atoms with Crippen molar-refractivity contribution in [3.63, 3.8) is 0 Å². The zero-order valence-electron chi connectivity index (χ0n) is 13.2. The molecule has 2 amide bonds. The minimum Gasteiger partial charge on any atom is -0.482 e. The van der Waals surface area contributed by atoms with Gasteiger partial charge < -0.3 is 15.0 Å². The highest BCUT2D eigenvalue weighted by Crippen LogP contribution is 2.27. The molecule has 0 aliphatic heterocycles. The van der Waals surface area contributed by atoms with Crippen LogP contribution in [-0.4, -0.2) is 37.4 Å². The van der Waals surface area contributed by atoms with Crippen molar-refractivity contribution in [3.8, 4) is 5.75 Å². The van der Waals surface area contributed by atoms with Gasteiger partial charge in [-0.1, -0.05) is 23.2 Å².